The molecule has 1 unspecified atom stereocenters. The number of ether oxygens (including phenoxy) is 1. The van der Waals surface area contributed by atoms with Gasteiger partial charge in [-0.1, -0.05) is 36.2 Å². The highest BCUT2D eigenvalue weighted by molar-refractivity contribution is 7.89. The van der Waals surface area contributed by atoms with E-state index in [0.29, 0.717) is 24.8 Å². The maximum atomic E-state index is 13.5. The van der Waals surface area contributed by atoms with Gasteiger partial charge in [0.25, 0.3) is 0 Å². The topological polar surface area (TPSA) is 92.7 Å². The highest BCUT2D eigenvalue weighted by Gasteiger charge is 2.64. The molecular weight excluding hydrogens is 421 g/mol. The van der Waals surface area contributed by atoms with Crippen LogP contribution in [0.4, 0.5) is 4.39 Å². The van der Waals surface area contributed by atoms with Gasteiger partial charge >= 0.3 is 0 Å². The minimum Gasteiger partial charge on any atom is -0.365 e. The summed E-state index contributed by atoms with van der Waals surface area (Å²) in [5, 5.41) is 11.1. The first kappa shape index (κ1) is 22.1. The summed E-state index contributed by atoms with van der Waals surface area (Å²) >= 11 is 0. The van der Waals surface area contributed by atoms with E-state index in [0.717, 1.165) is 12.0 Å². The Balaban J connectivity index is 1.74. The first-order chi connectivity index (χ1) is 14.6. The monoisotopic (exact) mass is 447 g/mol. The van der Waals surface area contributed by atoms with Gasteiger partial charge in [-0.05, 0) is 56.5 Å². The van der Waals surface area contributed by atoms with Crippen LogP contribution in [0.15, 0.2) is 53.4 Å². The Morgan fingerprint density at radius 1 is 1.10 bits per heavy atom. The average molecular weight is 448 g/mol. The highest BCUT2D eigenvalue weighted by atomic mass is 32.2. The molecule has 1 saturated carbocycles. The maximum absolute atomic E-state index is 13.5. The Labute approximate surface area is 181 Å². The van der Waals surface area contributed by atoms with Crippen molar-refractivity contribution in [3.8, 4) is 0 Å². The van der Waals surface area contributed by atoms with Gasteiger partial charge in [0.05, 0.1) is 16.4 Å². The lowest BCUT2D eigenvalue weighted by Crippen LogP contribution is -2.48. The van der Waals surface area contributed by atoms with Crippen LogP contribution in [0.3, 0.4) is 0 Å². The second-order valence-electron chi connectivity index (χ2n) is 8.69. The average Bonchev–Trinajstić information content (AvgIpc) is 2.94. The Kier molecular flexibility index (Phi) is 5.54. The minimum atomic E-state index is -4.03. The van der Waals surface area contributed by atoms with E-state index in [1.165, 1.54) is 36.4 Å². The standard InChI is InChI=1S/C23H26FNO5S/c1-15-5-11-18(12-6-15)31(28,29)25-19(16-7-9-17(24)10-8-16)20-21(26)22(2)13-3-4-14-23(22,27)30-20/h5-12,19-20,25,27H,3-4,13-14H2,1-2H3/t19?,20-,22-,23-/m0/s1. The Hall–Kier alpha value is -2.13. The number of hydrogen-bond acceptors (Lipinski definition) is 5. The summed E-state index contributed by atoms with van der Waals surface area (Å²) in [6.07, 6.45) is 1.00. The number of halogens is 1. The lowest BCUT2D eigenvalue weighted by atomic mass is 9.68. The van der Waals surface area contributed by atoms with Gasteiger partial charge in [0.15, 0.2) is 11.6 Å². The third-order valence-corrected chi connectivity index (χ3v) is 8.03. The first-order valence-corrected chi connectivity index (χ1v) is 11.8. The molecule has 1 saturated heterocycles. The van der Waals surface area contributed by atoms with E-state index in [2.05, 4.69) is 4.72 Å². The molecule has 0 bridgehead atoms. The molecule has 2 aromatic rings. The molecule has 31 heavy (non-hydrogen) atoms. The van der Waals surface area contributed by atoms with Crippen molar-refractivity contribution in [3.63, 3.8) is 0 Å². The summed E-state index contributed by atoms with van der Waals surface area (Å²) in [7, 11) is -4.03. The van der Waals surface area contributed by atoms with Crippen LogP contribution in [-0.2, 0) is 19.6 Å². The highest BCUT2D eigenvalue weighted by Crippen LogP contribution is 2.53. The zero-order valence-electron chi connectivity index (χ0n) is 17.5. The fourth-order valence-corrected chi connectivity index (χ4v) is 5.77. The largest absolute Gasteiger partial charge is 0.365 e. The summed E-state index contributed by atoms with van der Waals surface area (Å²) in [5.41, 5.74) is 0.160. The van der Waals surface area contributed by atoms with Gasteiger partial charge in [-0.2, -0.15) is 0 Å². The molecule has 2 fully saturated rings. The van der Waals surface area contributed by atoms with Crippen LogP contribution < -0.4 is 4.72 Å². The molecule has 8 heteroatoms. The number of fused-ring (bicyclic) bond motifs is 1. The third-order valence-electron chi connectivity index (χ3n) is 6.57. The number of carbonyl (C=O) groups excluding carboxylic acids is 1. The molecule has 2 aromatic carbocycles. The molecule has 2 N–H and O–H groups in total. The van der Waals surface area contributed by atoms with Crippen LogP contribution >= 0.6 is 0 Å². The molecule has 2 aliphatic rings. The van der Waals surface area contributed by atoms with E-state index in [4.69, 9.17) is 4.74 Å². The molecule has 166 valence electrons. The third kappa shape index (κ3) is 3.82. The van der Waals surface area contributed by atoms with Crippen molar-refractivity contribution in [2.75, 3.05) is 0 Å². The number of carbonyl (C=O) groups is 1. The van der Waals surface area contributed by atoms with Gasteiger partial charge in [-0.25, -0.2) is 17.5 Å². The number of nitrogens with one attached hydrogen (secondary N) is 1. The second kappa shape index (κ2) is 7.78. The van der Waals surface area contributed by atoms with Gasteiger partial charge < -0.3 is 9.84 Å². The number of rotatable bonds is 5. The van der Waals surface area contributed by atoms with Gasteiger partial charge in [0.1, 0.15) is 11.9 Å². The van der Waals surface area contributed by atoms with Crippen molar-refractivity contribution in [3.05, 3.63) is 65.5 Å². The predicted octanol–water partition coefficient (Wildman–Crippen LogP) is 3.39. The number of aryl methyl sites for hydroxylation is 1. The second-order valence-corrected chi connectivity index (χ2v) is 10.4. The molecule has 4 atom stereocenters. The summed E-state index contributed by atoms with van der Waals surface area (Å²) in [5.74, 6) is -2.49. The molecule has 1 aliphatic carbocycles. The molecule has 0 aromatic heterocycles. The number of aliphatic hydroxyl groups is 1. The van der Waals surface area contributed by atoms with Crippen LogP contribution in [0, 0.1) is 18.2 Å². The van der Waals surface area contributed by atoms with Gasteiger partial charge in [0.2, 0.25) is 10.0 Å². The minimum absolute atomic E-state index is 0.0398. The van der Waals surface area contributed by atoms with E-state index in [-0.39, 0.29) is 10.7 Å². The summed E-state index contributed by atoms with van der Waals surface area (Å²) in [4.78, 5) is 13.5. The van der Waals surface area contributed by atoms with Crippen LogP contribution in [-0.4, -0.2) is 31.2 Å². The molecule has 4 rings (SSSR count). The molecule has 0 amide bonds. The number of hydrogen-bond donors (Lipinski definition) is 2. The van der Waals surface area contributed by atoms with Crippen molar-refractivity contribution in [1.29, 1.82) is 0 Å². The number of ketones is 1. The van der Waals surface area contributed by atoms with E-state index >= 15 is 0 Å². The normalized spacial score (nSPS) is 29.5. The summed E-state index contributed by atoms with van der Waals surface area (Å²) in [6.45, 7) is 3.52. The van der Waals surface area contributed by atoms with Crippen molar-refractivity contribution in [1.82, 2.24) is 4.72 Å². The first-order valence-electron chi connectivity index (χ1n) is 10.3. The van der Waals surface area contributed by atoms with Crippen LogP contribution in [0.5, 0.6) is 0 Å². The van der Waals surface area contributed by atoms with Crippen LogP contribution in [0.1, 0.15) is 49.8 Å². The van der Waals surface area contributed by atoms with Gasteiger partial charge in [-0.15, -0.1) is 0 Å². The summed E-state index contributed by atoms with van der Waals surface area (Å²) in [6, 6.07) is 10.4. The van der Waals surface area contributed by atoms with E-state index in [1.54, 1.807) is 19.1 Å². The number of benzene rings is 2. The maximum Gasteiger partial charge on any atom is 0.241 e. The summed E-state index contributed by atoms with van der Waals surface area (Å²) < 4.78 is 48.2. The molecule has 6 nitrogen and oxygen atoms in total. The van der Waals surface area contributed by atoms with Crippen molar-refractivity contribution in [2.24, 2.45) is 5.41 Å². The Morgan fingerprint density at radius 3 is 2.32 bits per heavy atom. The molecule has 1 aliphatic heterocycles. The SMILES string of the molecule is Cc1ccc(S(=O)(=O)NC(c2ccc(F)cc2)[C@@H]2O[C@@]3(O)CCCC[C@@]3(C)C2=O)cc1. The quantitative estimate of drug-likeness (QED) is 0.733. The molecule has 1 heterocycles. The Bertz CT molecular complexity index is 1090. The lowest BCUT2D eigenvalue weighted by Gasteiger charge is -2.40. The predicted molar refractivity (Wildman–Crippen MR) is 112 cm³/mol. The fraction of sp³-hybridized carbons (Fsp3) is 0.435. The zero-order valence-corrected chi connectivity index (χ0v) is 18.3. The van der Waals surface area contributed by atoms with Gasteiger partial charge in [0, 0.05) is 6.42 Å². The number of sulfonamides is 1. The Morgan fingerprint density at radius 2 is 1.71 bits per heavy atom. The van der Waals surface area contributed by atoms with E-state index < -0.39 is 39.2 Å². The molecular formula is C23H26FNO5S. The molecule has 0 spiro atoms. The lowest BCUT2D eigenvalue weighted by molar-refractivity contribution is -0.252. The van der Waals surface area contributed by atoms with Crippen LogP contribution in [0.25, 0.3) is 0 Å². The fourth-order valence-electron chi connectivity index (χ4n) is 4.54. The molecule has 0 radical (unpaired) electrons. The van der Waals surface area contributed by atoms with Crippen LogP contribution in [0.2, 0.25) is 0 Å². The van der Waals surface area contributed by atoms with Crippen molar-refractivity contribution in [2.45, 2.75) is 62.4 Å². The van der Waals surface area contributed by atoms with E-state index in [9.17, 15) is 22.7 Å². The number of Topliss-reactive ketones (excluding diaryl/α,β-unsaturated/α-hetero) is 1. The van der Waals surface area contributed by atoms with Crippen molar-refractivity contribution < 1.29 is 27.4 Å². The zero-order chi connectivity index (χ0) is 22.4. The van der Waals surface area contributed by atoms with Gasteiger partial charge in [-0.3, -0.25) is 4.79 Å². The van der Waals surface area contributed by atoms with Crippen molar-refractivity contribution >= 4 is 15.8 Å². The smallest absolute Gasteiger partial charge is 0.241 e. The van der Waals surface area contributed by atoms with E-state index in [1.807, 2.05) is 6.92 Å².